The zero-order valence-corrected chi connectivity index (χ0v) is 15.2. The minimum atomic E-state index is -3.89. The summed E-state index contributed by atoms with van der Waals surface area (Å²) < 4.78 is 27.6. The lowest BCUT2D eigenvalue weighted by Crippen LogP contribution is -2.24. The molecule has 7 heteroatoms. The molecule has 0 saturated heterocycles. The van der Waals surface area contributed by atoms with Crippen LogP contribution >= 0.6 is 11.9 Å². The molecule has 0 heterocycles. The molecule has 1 N–H and O–H groups in total. The van der Waals surface area contributed by atoms with Crippen molar-refractivity contribution in [1.82, 2.24) is 0 Å². The molecule has 0 fully saturated rings. The number of para-hydroxylation sites is 1. The maximum atomic E-state index is 13.2. The standard InChI is InChI=1S/C19H15NO4S2/c21-19(22)15-11-13-18(14-12-15)26(23,24)20(16-7-3-1-4-8-16)25-17-9-5-2-6-10-17/h1-14H,(H,21,22). The van der Waals surface area contributed by atoms with Crippen LogP contribution in [0.1, 0.15) is 10.4 Å². The Kier molecular flexibility index (Phi) is 5.29. The summed E-state index contributed by atoms with van der Waals surface area (Å²) in [5.41, 5.74) is 0.537. The Hall–Kier alpha value is -2.77. The molecule has 0 aliphatic rings. The number of benzene rings is 3. The zero-order valence-electron chi connectivity index (χ0n) is 13.5. The first-order valence-electron chi connectivity index (χ1n) is 7.65. The van der Waals surface area contributed by atoms with Gasteiger partial charge >= 0.3 is 5.97 Å². The molecule has 0 bridgehead atoms. The molecule has 0 radical (unpaired) electrons. The van der Waals surface area contributed by atoms with E-state index in [4.69, 9.17) is 5.11 Å². The maximum Gasteiger partial charge on any atom is 0.335 e. The van der Waals surface area contributed by atoms with Crippen molar-refractivity contribution < 1.29 is 18.3 Å². The molecular formula is C19H15NO4S2. The fourth-order valence-corrected chi connectivity index (χ4v) is 4.91. The monoisotopic (exact) mass is 385 g/mol. The Labute approximate surface area is 156 Å². The number of anilines is 1. The van der Waals surface area contributed by atoms with E-state index in [1.54, 1.807) is 24.3 Å². The summed E-state index contributed by atoms with van der Waals surface area (Å²) in [4.78, 5) is 11.8. The van der Waals surface area contributed by atoms with Gasteiger partial charge in [0.25, 0.3) is 10.0 Å². The van der Waals surface area contributed by atoms with Crippen LogP contribution < -0.4 is 3.71 Å². The van der Waals surface area contributed by atoms with Crippen LogP contribution in [0.15, 0.2) is 94.7 Å². The van der Waals surface area contributed by atoms with Gasteiger partial charge in [0, 0.05) is 16.8 Å². The molecule has 3 rings (SSSR count). The average molecular weight is 385 g/mol. The highest BCUT2D eigenvalue weighted by atomic mass is 32.3. The number of sulfonamides is 1. The van der Waals surface area contributed by atoms with Gasteiger partial charge in [0.15, 0.2) is 0 Å². The van der Waals surface area contributed by atoms with Gasteiger partial charge in [0.1, 0.15) is 0 Å². The predicted octanol–water partition coefficient (Wildman–Crippen LogP) is 4.29. The van der Waals surface area contributed by atoms with Crippen LogP contribution in [0.3, 0.4) is 0 Å². The molecule has 0 aliphatic carbocycles. The highest BCUT2D eigenvalue weighted by Gasteiger charge is 2.26. The second-order valence-corrected chi connectivity index (χ2v) is 8.34. The number of hydrogen-bond acceptors (Lipinski definition) is 4. The first kappa shape index (κ1) is 18.0. The van der Waals surface area contributed by atoms with Gasteiger partial charge in [-0.3, -0.25) is 0 Å². The molecule has 132 valence electrons. The Morgan fingerprint density at radius 2 is 1.35 bits per heavy atom. The lowest BCUT2D eigenvalue weighted by molar-refractivity contribution is 0.0696. The topological polar surface area (TPSA) is 74.7 Å². The van der Waals surface area contributed by atoms with Crippen LogP contribution in [0.25, 0.3) is 0 Å². The highest BCUT2D eigenvalue weighted by molar-refractivity contribution is 8.14. The van der Waals surface area contributed by atoms with Crippen molar-refractivity contribution in [3.8, 4) is 0 Å². The lowest BCUT2D eigenvalue weighted by atomic mass is 10.2. The number of carboxylic acid groups (broad SMARTS) is 1. The van der Waals surface area contributed by atoms with Gasteiger partial charge in [-0.1, -0.05) is 36.4 Å². The third kappa shape index (κ3) is 3.89. The Morgan fingerprint density at radius 1 is 0.808 bits per heavy atom. The van der Waals surface area contributed by atoms with E-state index < -0.39 is 16.0 Å². The number of aromatic carboxylic acids is 1. The number of hydrogen-bond donors (Lipinski definition) is 1. The van der Waals surface area contributed by atoms with Crippen molar-refractivity contribution in [2.24, 2.45) is 0 Å². The molecule has 3 aromatic rings. The van der Waals surface area contributed by atoms with Crippen molar-refractivity contribution >= 4 is 33.6 Å². The van der Waals surface area contributed by atoms with Crippen LogP contribution in [0, 0.1) is 0 Å². The molecular weight excluding hydrogens is 370 g/mol. The van der Waals surface area contributed by atoms with E-state index in [2.05, 4.69) is 0 Å². The number of rotatable bonds is 6. The average Bonchev–Trinajstić information content (AvgIpc) is 2.67. The summed E-state index contributed by atoms with van der Waals surface area (Å²) in [7, 11) is -3.89. The summed E-state index contributed by atoms with van der Waals surface area (Å²) in [5, 5.41) is 9.00. The van der Waals surface area contributed by atoms with Gasteiger partial charge in [0.05, 0.1) is 16.1 Å². The minimum Gasteiger partial charge on any atom is -0.478 e. The third-order valence-corrected chi connectivity index (χ3v) is 6.70. The van der Waals surface area contributed by atoms with E-state index in [0.29, 0.717) is 5.69 Å². The molecule has 5 nitrogen and oxygen atoms in total. The second-order valence-electron chi connectivity index (χ2n) is 5.30. The van der Waals surface area contributed by atoms with Crippen LogP contribution in [0.4, 0.5) is 5.69 Å². The van der Waals surface area contributed by atoms with E-state index in [1.165, 1.54) is 28.0 Å². The smallest absolute Gasteiger partial charge is 0.335 e. The largest absolute Gasteiger partial charge is 0.478 e. The van der Waals surface area contributed by atoms with Gasteiger partial charge in [-0.15, -0.1) is 0 Å². The predicted molar refractivity (Wildman–Crippen MR) is 102 cm³/mol. The van der Waals surface area contributed by atoms with Gasteiger partial charge in [-0.25, -0.2) is 16.9 Å². The lowest BCUT2D eigenvalue weighted by Gasteiger charge is -2.23. The number of carboxylic acids is 1. The van der Waals surface area contributed by atoms with E-state index >= 15 is 0 Å². The van der Waals surface area contributed by atoms with E-state index in [1.807, 2.05) is 36.4 Å². The van der Waals surface area contributed by atoms with E-state index in [0.717, 1.165) is 16.8 Å². The third-order valence-electron chi connectivity index (χ3n) is 3.52. The maximum absolute atomic E-state index is 13.2. The van der Waals surface area contributed by atoms with Crippen molar-refractivity contribution in [3.63, 3.8) is 0 Å². The quantitative estimate of drug-likeness (QED) is 0.641. The van der Waals surface area contributed by atoms with Crippen molar-refractivity contribution in [1.29, 1.82) is 0 Å². The summed E-state index contributed by atoms with van der Waals surface area (Å²) in [6.07, 6.45) is 0. The van der Waals surface area contributed by atoms with Gasteiger partial charge < -0.3 is 5.11 Å². The normalized spacial score (nSPS) is 11.1. The first-order chi connectivity index (χ1) is 12.5. The van der Waals surface area contributed by atoms with E-state index in [9.17, 15) is 13.2 Å². The molecule has 26 heavy (non-hydrogen) atoms. The van der Waals surface area contributed by atoms with Crippen LogP contribution in [-0.4, -0.2) is 19.5 Å². The fourth-order valence-electron chi connectivity index (χ4n) is 2.23. The van der Waals surface area contributed by atoms with Crippen LogP contribution in [-0.2, 0) is 10.0 Å². The molecule has 0 spiro atoms. The molecule has 3 aromatic carbocycles. The molecule has 0 aromatic heterocycles. The summed E-state index contributed by atoms with van der Waals surface area (Å²) in [6.45, 7) is 0. The van der Waals surface area contributed by atoms with Crippen molar-refractivity contribution in [3.05, 3.63) is 90.5 Å². The summed E-state index contributed by atoms with van der Waals surface area (Å²) >= 11 is 1.08. The Morgan fingerprint density at radius 3 is 1.88 bits per heavy atom. The Bertz CT molecular complexity index is 989. The second kappa shape index (κ2) is 7.63. The van der Waals surface area contributed by atoms with Gasteiger partial charge in [-0.2, -0.15) is 0 Å². The first-order valence-corrected chi connectivity index (χ1v) is 9.86. The highest BCUT2D eigenvalue weighted by Crippen LogP contribution is 2.34. The van der Waals surface area contributed by atoms with Crippen molar-refractivity contribution in [2.75, 3.05) is 3.71 Å². The summed E-state index contributed by atoms with van der Waals surface area (Å²) in [6, 6.07) is 23.1. The zero-order chi connectivity index (χ0) is 18.6. The Balaban J connectivity index is 2.03. The minimum absolute atomic E-state index is 0.0229. The van der Waals surface area contributed by atoms with Crippen molar-refractivity contribution in [2.45, 2.75) is 9.79 Å². The van der Waals surface area contributed by atoms with Crippen LogP contribution in [0.5, 0.6) is 0 Å². The number of carbonyl (C=O) groups is 1. The van der Waals surface area contributed by atoms with Gasteiger partial charge in [-0.05, 0) is 48.5 Å². The number of nitrogens with zero attached hydrogens (tertiary/aromatic N) is 1. The van der Waals surface area contributed by atoms with Gasteiger partial charge in [0.2, 0.25) is 0 Å². The molecule has 0 amide bonds. The van der Waals surface area contributed by atoms with E-state index in [-0.39, 0.29) is 10.5 Å². The molecule has 0 atom stereocenters. The molecule has 0 unspecified atom stereocenters. The summed E-state index contributed by atoms with van der Waals surface area (Å²) in [5.74, 6) is -1.10. The molecule has 0 saturated carbocycles. The molecule has 0 aliphatic heterocycles. The fraction of sp³-hybridized carbons (Fsp3) is 0. The van der Waals surface area contributed by atoms with Crippen LogP contribution in [0.2, 0.25) is 0 Å². The SMILES string of the molecule is O=C(O)c1ccc(S(=O)(=O)N(Sc2ccccc2)c2ccccc2)cc1.